The van der Waals surface area contributed by atoms with Crippen LogP contribution in [0.2, 0.25) is 0 Å². The van der Waals surface area contributed by atoms with E-state index in [2.05, 4.69) is 10.1 Å². The third-order valence-electron chi connectivity index (χ3n) is 3.27. The van der Waals surface area contributed by atoms with E-state index in [9.17, 15) is 18.0 Å². The minimum atomic E-state index is -3.59. The Labute approximate surface area is 136 Å². The summed E-state index contributed by atoms with van der Waals surface area (Å²) in [5.74, 6) is -0.207. The number of halogens is 3. The van der Waals surface area contributed by atoms with Crippen LogP contribution in [0.25, 0.3) is 0 Å². The maximum absolute atomic E-state index is 13.7. The third kappa shape index (κ3) is 6.70. The van der Waals surface area contributed by atoms with Gasteiger partial charge in [-0.3, -0.25) is 10.1 Å². The average Bonchev–Trinajstić information content (AvgIpc) is 3.28. The van der Waals surface area contributed by atoms with E-state index >= 15 is 0 Å². The number of aliphatic carboxylic acids is 1. The highest BCUT2D eigenvalue weighted by molar-refractivity contribution is 7.99. The van der Waals surface area contributed by atoms with Crippen LogP contribution in [-0.2, 0) is 4.79 Å². The molecule has 0 bridgehead atoms. The number of nitrogens with one attached hydrogen (secondary N) is 1. The molecule has 8 heteroatoms. The predicted octanol–water partition coefficient (Wildman–Crippen LogP) is 2.98. The number of carboxylic acid groups (broad SMARTS) is 1. The molecule has 1 aromatic carbocycles. The van der Waals surface area contributed by atoms with Gasteiger partial charge in [0.2, 0.25) is 0 Å². The van der Waals surface area contributed by atoms with E-state index in [1.54, 1.807) is 0 Å². The quantitative estimate of drug-likeness (QED) is 0.680. The first-order chi connectivity index (χ1) is 10.9. The van der Waals surface area contributed by atoms with Gasteiger partial charge < -0.3 is 9.84 Å². The summed E-state index contributed by atoms with van der Waals surface area (Å²) in [6.07, 6.45) is -1.28. The lowest BCUT2D eigenvalue weighted by Crippen LogP contribution is -2.47. The average molecular weight is 349 g/mol. The Balaban J connectivity index is 1.79. The molecule has 0 radical (unpaired) electrons. The molecule has 1 unspecified atom stereocenters. The molecule has 0 aliphatic heterocycles. The topological polar surface area (TPSA) is 58.6 Å². The Morgan fingerprint density at radius 3 is 2.61 bits per heavy atom. The molecule has 1 aliphatic rings. The molecule has 1 atom stereocenters. The fourth-order valence-corrected chi connectivity index (χ4v) is 3.11. The van der Waals surface area contributed by atoms with Gasteiger partial charge in [0.25, 0.3) is 0 Å². The molecule has 1 fully saturated rings. The normalized spacial score (nSPS) is 16.1. The molecular formula is C15H18F3NO3S. The number of alkyl halides is 2. The fourth-order valence-electron chi connectivity index (χ4n) is 1.81. The second-order valence-corrected chi connectivity index (χ2v) is 6.52. The second kappa shape index (κ2) is 7.92. The lowest BCUT2D eigenvalue weighted by atomic mass is 10.3. The van der Waals surface area contributed by atoms with Crippen LogP contribution in [0.15, 0.2) is 24.3 Å². The Bertz CT molecular complexity index is 523. The number of benzene rings is 1. The molecule has 1 aromatic rings. The van der Waals surface area contributed by atoms with Gasteiger partial charge in [-0.15, -0.1) is 0 Å². The molecule has 1 saturated carbocycles. The Morgan fingerprint density at radius 1 is 1.39 bits per heavy atom. The largest absolute Gasteiger partial charge is 0.480 e. The van der Waals surface area contributed by atoms with E-state index in [1.165, 1.54) is 11.8 Å². The summed E-state index contributed by atoms with van der Waals surface area (Å²) in [6.45, 7) is -0.939. The van der Waals surface area contributed by atoms with E-state index < -0.39 is 30.5 Å². The van der Waals surface area contributed by atoms with Crippen LogP contribution >= 0.6 is 11.8 Å². The summed E-state index contributed by atoms with van der Waals surface area (Å²) in [6, 6.07) is 3.12. The van der Waals surface area contributed by atoms with Crippen molar-refractivity contribution in [3.63, 3.8) is 0 Å². The Morgan fingerprint density at radius 2 is 2.04 bits per heavy atom. The number of thioether (sulfide) groups is 1. The van der Waals surface area contributed by atoms with Crippen LogP contribution in [0, 0.1) is 11.7 Å². The minimum absolute atomic E-state index is 0.187. The number of carbonyl (C=O) groups is 1. The highest BCUT2D eigenvalue weighted by atomic mass is 32.2. The van der Waals surface area contributed by atoms with E-state index in [-0.39, 0.29) is 11.5 Å². The molecule has 0 spiro atoms. The molecule has 2 rings (SSSR count). The second-order valence-electron chi connectivity index (χ2n) is 5.45. The van der Waals surface area contributed by atoms with Crippen LogP contribution in [0.4, 0.5) is 13.2 Å². The van der Waals surface area contributed by atoms with Crippen molar-refractivity contribution in [3.05, 3.63) is 30.1 Å². The molecule has 0 saturated heterocycles. The molecule has 23 heavy (non-hydrogen) atoms. The first kappa shape index (κ1) is 17.9. The maximum atomic E-state index is 13.7. The van der Waals surface area contributed by atoms with Gasteiger partial charge in [-0.1, -0.05) is 0 Å². The number of hydrogen-bond donors (Lipinski definition) is 2. The van der Waals surface area contributed by atoms with Gasteiger partial charge in [-0.25, -0.2) is 4.39 Å². The zero-order valence-corrected chi connectivity index (χ0v) is 13.1. The zero-order valence-electron chi connectivity index (χ0n) is 12.3. The molecule has 0 aromatic heterocycles. The van der Waals surface area contributed by atoms with Crippen LogP contribution in [-0.4, -0.2) is 41.3 Å². The molecule has 0 heterocycles. The summed E-state index contributed by atoms with van der Waals surface area (Å²) < 4.78 is 44.6. The molecule has 0 amide bonds. The Kier molecular flexibility index (Phi) is 6.17. The summed E-state index contributed by atoms with van der Waals surface area (Å²) >= 11 is 1.45. The van der Waals surface area contributed by atoms with Crippen molar-refractivity contribution in [3.8, 4) is 5.75 Å². The molecule has 128 valence electrons. The van der Waals surface area contributed by atoms with Gasteiger partial charge in [0.05, 0.1) is 0 Å². The van der Waals surface area contributed by atoms with Crippen molar-refractivity contribution in [2.45, 2.75) is 25.0 Å². The predicted molar refractivity (Wildman–Crippen MR) is 81.5 cm³/mol. The van der Waals surface area contributed by atoms with Gasteiger partial charge in [0.1, 0.15) is 24.2 Å². The Hall–Kier alpha value is -1.41. The summed E-state index contributed by atoms with van der Waals surface area (Å²) in [5, 5.41) is 11.4. The number of hydrogen-bond acceptors (Lipinski definition) is 4. The minimum Gasteiger partial charge on any atom is -0.480 e. The van der Waals surface area contributed by atoms with E-state index in [1.807, 2.05) is 0 Å². The number of rotatable bonds is 10. The van der Waals surface area contributed by atoms with E-state index in [0.29, 0.717) is 5.92 Å². The lowest BCUT2D eigenvalue weighted by molar-refractivity contribution is -0.173. The summed E-state index contributed by atoms with van der Waals surface area (Å²) in [7, 11) is 0. The van der Waals surface area contributed by atoms with Crippen molar-refractivity contribution < 1.29 is 27.8 Å². The highest BCUT2D eigenvalue weighted by Gasteiger charge is 2.34. The van der Waals surface area contributed by atoms with Gasteiger partial charge in [0.15, 0.2) is 0 Å². The van der Waals surface area contributed by atoms with Crippen molar-refractivity contribution in [1.82, 2.24) is 5.32 Å². The molecular weight excluding hydrogens is 331 g/mol. The van der Waals surface area contributed by atoms with Crippen molar-refractivity contribution in [2.75, 3.05) is 18.1 Å². The summed E-state index contributed by atoms with van der Waals surface area (Å²) in [4.78, 5) is 11.1. The monoisotopic (exact) mass is 349 g/mol. The molecule has 1 aliphatic carbocycles. The van der Waals surface area contributed by atoms with E-state index in [0.717, 1.165) is 42.9 Å². The van der Waals surface area contributed by atoms with Crippen molar-refractivity contribution in [1.29, 1.82) is 0 Å². The van der Waals surface area contributed by atoms with E-state index in [4.69, 9.17) is 5.11 Å². The first-order valence-electron chi connectivity index (χ1n) is 7.22. The van der Waals surface area contributed by atoms with Gasteiger partial charge in [0, 0.05) is 5.75 Å². The number of ether oxygens (including phenoxy) is 1. The van der Waals surface area contributed by atoms with Crippen LogP contribution in [0.1, 0.15) is 12.8 Å². The van der Waals surface area contributed by atoms with Crippen LogP contribution in [0.5, 0.6) is 5.75 Å². The van der Waals surface area contributed by atoms with Gasteiger partial charge in [-0.05, 0) is 48.8 Å². The van der Waals surface area contributed by atoms with Crippen molar-refractivity contribution >= 4 is 17.7 Å². The van der Waals surface area contributed by atoms with Gasteiger partial charge >= 0.3 is 12.1 Å². The molecule has 4 nitrogen and oxygen atoms in total. The smallest absolute Gasteiger partial charge is 0.410 e. The van der Waals surface area contributed by atoms with Crippen molar-refractivity contribution in [2.24, 2.45) is 5.92 Å². The zero-order chi connectivity index (χ0) is 16.9. The third-order valence-corrected chi connectivity index (χ3v) is 4.54. The van der Waals surface area contributed by atoms with Crippen LogP contribution < -0.4 is 10.1 Å². The SMILES string of the molecule is O=C(O)C(CSCC1CC1)NCC(F)(F)Oc1ccc(F)cc1. The highest BCUT2D eigenvalue weighted by Crippen LogP contribution is 2.32. The standard InChI is InChI=1S/C15H18F3NO3S/c16-11-3-5-12(6-4-11)22-15(17,18)9-19-13(14(20)21)8-23-7-10-1-2-10/h3-6,10,13,19H,1-2,7-9H2,(H,20,21). The fraction of sp³-hybridized carbons (Fsp3) is 0.533. The first-order valence-corrected chi connectivity index (χ1v) is 8.37. The van der Waals surface area contributed by atoms with Gasteiger partial charge in [-0.2, -0.15) is 20.5 Å². The number of carboxylic acids is 1. The lowest BCUT2D eigenvalue weighted by Gasteiger charge is -2.21. The summed E-state index contributed by atoms with van der Waals surface area (Å²) in [5.41, 5.74) is 0. The molecule has 2 N–H and O–H groups in total. The van der Waals surface area contributed by atoms with Crippen LogP contribution in [0.3, 0.4) is 0 Å². The maximum Gasteiger partial charge on any atom is 0.410 e.